The molecule has 2 heterocycles. The fraction of sp³-hybridized carbons (Fsp3) is 0.667. The summed E-state index contributed by atoms with van der Waals surface area (Å²) in [4.78, 5) is 8.46. The fourth-order valence-electron chi connectivity index (χ4n) is 2.48. The van der Waals surface area contributed by atoms with Crippen molar-refractivity contribution in [3.05, 3.63) is 10.8 Å². The van der Waals surface area contributed by atoms with Crippen molar-refractivity contribution in [2.24, 2.45) is 5.92 Å². The highest BCUT2D eigenvalue weighted by molar-refractivity contribution is 9.10. The lowest BCUT2D eigenvalue weighted by molar-refractivity contribution is 0.0898. The molecule has 18 heavy (non-hydrogen) atoms. The van der Waals surface area contributed by atoms with Crippen LogP contribution in [0.15, 0.2) is 10.8 Å². The van der Waals surface area contributed by atoms with Crippen LogP contribution in [0.3, 0.4) is 0 Å². The van der Waals surface area contributed by atoms with E-state index in [9.17, 15) is 0 Å². The van der Waals surface area contributed by atoms with Gasteiger partial charge in [-0.25, -0.2) is 9.97 Å². The normalized spacial score (nSPS) is 27.2. The molecular weight excluding hydrogens is 296 g/mol. The SMILES string of the molecule is CNc1ncnc(NC2CCOC2C2CC2)c1Br. The van der Waals surface area contributed by atoms with E-state index in [0.29, 0.717) is 12.1 Å². The molecule has 1 saturated carbocycles. The number of hydrogen-bond acceptors (Lipinski definition) is 5. The second-order valence-electron chi connectivity index (χ2n) is 4.85. The highest BCUT2D eigenvalue weighted by atomic mass is 79.9. The molecule has 0 aromatic carbocycles. The Balaban J connectivity index is 1.75. The molecule has 3 rings (SSSR count). The first-order valence-corrected chi connectivity index (χ1v) is 7.15. The van der Waals surface area contributed by atoms with Gasteiger partial charge in [-0.15, -0.1) is 0 Å². The Kier molecular flexibility index (Phi) is 3.39. The second-order valence-corrected chi connectivity index (χ2v) is 5.64. The highest BCUT2D eigenvalue weighted by Gasteiger charge is 2.40. The number of nitrogens with one attached hydrogen (secondary N) is 2. The van der Waals surface area contributed by atoms with E-state index in [4.69, 9.17) is 4.74 Å². The first kappa shape index (κ1) is 12.2. The van der Waals surface area contributed by atoms with Gasteiger partial charge in [-0.1, -0.05) is 0 Å². The molecule has 2 N–H and O–H groups in total. The van der Waals surface area contributed by atoms with Crippen molar-refractivity contribution >= 4 is 27.6 Å². The van der Waals surface area contributed by atoms with Crippen LogP contribution in [0.2, 0.25) is 0 Å². The summed E-state index contributed by atoms with van der Waals surface area (Å²) in [5, 5.41) is 6.53. The van der Waals surface area contributed by atoms with E-state index < -0.39 is 0 Å². The molecule has 0 amide bonds. The molecule has 1 saturated heterocycles. The maximum Gasteiger partial charge on any atom is 0.146 e. The topological polar surface area (TPSA) is 59.1 Å². The van der Waals surface area contributed by atoms with Gasteiger partial charge in [0.1, 0.15) is 22.4 Å². The minimum absolute atomic E-state index is 0.352. The lowest BCUT2D eigenvalue weighted by Crippen LogP contribution is -2.31. The molecule has 1 aliphatic carbocycles. The molecule has 2 fully saturated rings. The average Bonchev–Trinajstić information content (AvgIpc) is 3.13. The van der Waals surface area contributed by atoms with Crippen LogP contribution in [0.25, 0.3) is 0 Å². The van der Waals surface area contributed by atoms with Crippen molar-refractivity contribution in [3.8, 4) is 0 Å². The number of nitrogens with zero attached hydrogens (tertiary/aromatic N) is 2. The Morgan fingerprint density at radius 2 is 2.06 bits per heavy atom. The Hall–Kier alpha value is -0.880. The smallest absolute Gasteiger partial charge is 0.146 e. The molecule has 2 aliphatic rings. The quantitative estimate of drug-likeness (QED) is 0.893. The van der Waals surface area contributed by atoms with Gasteiger partial charge in [0.15, 0.2) is 0 Å². The maximum absolute atomic E-state index is 5.82. The summed E-state index contributed by atoms with van der Waals surface area (Å²) in [6, 6.07) is 0.369. The Morgan fingerprint density at radius 3 is 2.78 bits per heavy atom. The summed E-state index contributed by atoms with van der Waals surface area (Å²) < 4.78 is 6.70. The molecule has 5 nitrogen and oxygen atoms in total. The summed E-state index contributed by atoms with van der Waals surface area (Å²) in [5.74, 6) is 2.39. The first-order valence-electron chi connectivity index (χ1n) is 6.36. The molecule has 1 aromatic heterocycles. The molecule has 2 atom stereocenters. The summed E-state index contributed by atoms with van der Waals surface area (Å²) in [6.45, 7) is 0.848. The van der Waals surface area contributed by atoms with Crippen LogP contribution in [0.5, 0.6) is 0 Å². The standard InChI is InChI=1S/C12H17BrN4O/c1-14-11-9(13)12(16-6-15-11)17-8-4-5-18-10(8)7-2-3-7/h6-8,10H,2-5H2,1H3,(H2,14,15,16,17). The molecule has 0 spiro atoms. The van der Waals surface area contributed by atoms with Crippen LogP contribution in [0.1, 0.15) is 19.3 Å². The van der Waals surface area contributed by atoms with Gasteiger partial charge in [-0.3, -0.25) is 0 Å². The summed E-state index contributed by atoms with van der Waals surface area (Å²) >= 11 is 3.53. The van der Waals surface area contributed by atoms with Gasteiger partial charge in [0.05, 0.1) is 12.1 Å². The van der Waals surface area contributed by atoms with E-state index in [0.717, 1.165) is 35.1 Å². The lowest BCUT2D eigenvalue weighted by atomic mass is 10.1. The van der Waals surface area contributed by atoms with Gasteiger partial charge in [0.25, 0.3) is 0 Å². The Bertz CT molecular complexity index is 438. The predicted molar refractivity (Wildman–Crippen MR) is 73.8 cm³/mol. The zero-order chi connectivity index (χ0) is 12.5. The van der Waals surface area contributed by atoms with Crippen LogP contribution in [0.4, 0.5) is 11.6 Å². The predicted octanol–water partition coefficient (Wildman–Crippen LogP) is 2.26. The molecule has 98 valence electrons. The van der Waals surface area contributed by atoms with E-state index in [2.05, 4.69) is 36.5 Å². The van der Waals surface area contributed by atoms with Crippen LogP contribution >= 0.6 is 15.9 Å². The van der Waals surface area contributed by atoms with E-state index in [1.54, 1.807) is 6.33 Å². The van der Waals surface area contributed by atoms with Crippen LogP contribution < -0.4 is 10.6 Å². The van der Waals surface area contributed by atoms with Gasteiger partial charge in [0, 0.05) is 13.7 Å². The molecule has 1 aliphatic heterocycles. The number of ether oxygens (including phenoxy) is 1. The van der Waals surface area contributed by atoms with Crippen LogP contribution in [-0.2, 0) is 4.74 Å². The minimum atomic E-state index is 0.352. The molecule has 2 unspecified atom stereocenters. The summed E-state index contributed by atoms with van der Waals surface area (Å²) in [5.41, 5.74) is 0. The van der Waals surface area contributed by atoms with Gasteiger partial charge >= 0.3 is 0 Å². The Labute approximate surface area is 115 Å². The van der Waals surface area contributed by atoms with Crippen molar-refractivity contribution in [2.45, 2.75) is 31.4 Å². The van der Waals surface area contributed by atoms with Crippen molar-refractivity contribution < 1.29 is 4.74 Å². The number of rotatable bonds is 4. The van der Waals surface area contributed by atoms with Crippen molar-refractivity contribution in [1.82, 2.24) is 9.97 Å². The molecule has 6 heteroatoms. The van der Waals surface area contributed by atoms with Gasteiger partial charge < -0.3 is 15.4 Å². The van der Waals surface area contributed by atoms with Gasteiger partial charge in [-0.2, -0.15) is 0 Å². The number of aromatic nitrogens is 2. The molecular formula is C12H17BrN4O. The largest absolute Gasteiger partial charge is 0.376 e. The summed E-state index contributed by atoms with van der Waals surface area (Å²) in [6.07, 6.45) is 5.57. The zero-order valence-corrected chi connectivity index (χ0v) is 11.9. The minimum Gasteiger partial charge on any atom is -0.376 e. The monoisotopic (exact) mass is 312 g/mol. The lowest BCUT2D eigenvalue weighted by Gasteiger charge is -2.21. The van der Waals surface area contributed by atoms with Gasteiger partial charge in [0.2, 0.25) is 0 Å². The first-order chi connectivity index (χ1) is 8.79. The summed E-state index contributed by atoms with van der Waals surface area (Å²) in [7, 11) is 1.85. The average molecular weight is 313 g/mol. The van der Waals surface area contributed by atoms with Crippen molar-refractivity contribution in [1.29, 1.82) is 0 Å². The van der Waals surface area contributed by atoms with Crippen molar-refractivity contribution in [2.75, 3.05) is 24.3 Å². The highest BCUT2D eigenvalue weighted by Crippen LogP contribution is 2.40. The third-order valence-corrected chi connectivity index (χ3v) is 4.32. The second kappa shape index (κ2) is 5.01. The van der Waals surface area contributed by atoms with Crippen LogP contribution in [0, 0.1) is 5.92 Å². The molecule has 0 bridgehead atoms. The molecule has 0 radical (unpaired) electrons. The van der Waals surface area contributed by atoms with Crippen LogP contribution in [-0.4, -0.2) is 35.8 Å². The third kappa shape index (κ3) is 2.31. The zero-order valence-electron chi connectivity index (χ0n) is 10.3. The number of anilines is 2. The van der Waals surface area contributed by atoms with E-state index in [-0.39, 0.29) is 0 Å². The van der Waals surface area contributed by atoms with Crippen molar-refractivity contribution in [3.63, 3.8) is 0 Å². The fourth-order valence-corrected chi connectivity index (χ4v) is 2.99. The Morgan fingerprint density at radius 1 is 1.28 bits per heavy atom. The van der Waals surface area contributed by atoms with E-state index in [1.165, 1.54) is 12.8 Å². The van der Waals surface area contributed by atoms with Gasteiger partial charge in [-0.05, 0) is 41.1 Å². The number of hydrogen-bond donors (Lipinski definition) is 2. The van der Waals surface area contributed by atoms with E-state index in [1.807, 2.05) is 7.05 Å². The number of halogens is 1. The maximum atomic E-state index is 5.82. The molecule has 1 aromatic rings. The third-order valence-electron chi connectivity index (χ3n) is 3.57. The van der Waals surface area contributed by atoms with E-state index >= 15 is 0 Å².